The lowest BCUT2D eigenvalue weighted by Gasteiger charge is -2.09. The highest BCUT2D eigenvalue weighted by Crippen LogP contribution is 2.30. The van der Waals surface area contributed by atoms with Crippen LogP contribution < -0.4 is 14.2 Å². The maximum atomic E-state index is 11.0. The van der Waals surface area contributed by atoms with Gasteiger partial charge in [0, 0.05) is 24.3 Å². The van der Waals surface area contributed by atoms with E-state index in [1.54, 1.807) is 64.1 Å². The number of alkyl halides is 1. The Bertz CT molecular complexity index is 1800. The number of nitrogens with zero attached hydrogens (tertiary/aromatic N) is 4. The van der Waals surface area contributed by atoms with Gasteiger partial charge in [0.05, 0.1) is 25.6 Å². The summed E-state index contributed by atoms with van der Waals surface area (Å²) in [7, 11) is 0. The van der Waals surface area contributed by atoms with E-state index in [1.807, 2.05) is 0 Å². The highest BCUT2D eigenvalue weighted by molar-refractivity contribution is 6.18. The van der Waals surface area contributed by atoms with Crippen LogP contribution >= 0.6 is 11.6 Å². The lowest BCUT2D eigenvalue weighted by atomic mass is 10.2. The van der Waals surface area contributed by atoms with E-state index in [0.29, 0.717) is 5.88 Å². The molecular weight excluding hydrogens is 668 g/mol. The molecule has 16 nitrogen and oxygen atoms in total. The third-order valence-electron chi connectivity index (χ3n) is 6.20. The number of nitro benzene ring substituents is 4. The number of phenols is 1. The summed E-state index contributed by atoms with van der Waals surface area (Å²) in [6.45, 7) is 7.40. The molecule has 0 radical (unpaired) electrons. The Balaban J connectivity index is 0.000000282. The van der Waals surface area contributed by atoms with Crippen molar-refractivity contribution >= 4 is 34.4 Å². The van der Waals surface area contributed by atoms with Crippen molar-refractivity contribution in [3.8, 4) is 23.0 Å². The van der Waals surface area contributed by atoms with E-state index >= 15 is 0 Å². The number of aryl methyl sites for hydroxylation is 4. The van der Waals surface area contributed by atoms with Crippen molar-refractivity contribution in [2.45, 2.75) is 27.7 Å². The number of nitro groups is 4. The van der Waals surface area contributed by atoms with Gasteiger partial charge in [-0.25, -0.2) is 0 Å². The normalized spacial score (nSPS) is 9.98. The lowest BCUT2D eigenvalue weighted by molar-refractivity contribution is -0.386. The van der Waals surface area contributed by atoms with Gasteiger partial charge in [0.1, 0.15) is 19.8 Å². The van der Waals surface area contributed by atoms with Crippen LogP contribution in [0, 0.1) is 68.2 Å². The van der Waals surface area contributed by atoms with Crippen LogP contribution in [0.25, 0.3) is 0 Å². The standard InChI is InChI=1S/C16H16N2O6.C9H10ClNO3.C7H7NO3/c1-11-4-6-15(14(9-11)18(21)22)23-7-8-24-16-10-12(2)3-5-13(16)17(19)20;1-7-2-3-9(14-5-4-10)8(6-7)11(12)13;1-5-2-3-6(8(10)11)7(9)4-5/h3-6,9-10H,7-8H2,1-2H3;2-3,6H,4-5H2,1H3;2-4,9H,1H3. The Hall–Kier alpha value is -6.03. The van der Waals surface area contributed by atoms with Crippen LogP contribution in [0.5, 0.6) is 23.0 Å². The van der Waals surface area contributed by atoms with E-state index in [2.05, 4.69) is 0 Å². The minimum absolute atomic E-state index is 0.0184. The Labute approximate surface area is 285 Å². The number of halogens is 1. The third-order valence-corrected chi connectivity index (χ3v) is 6.35. The summed E-state index contributed by atoms with van der Waals surface area (Å²) in [6, 6.07) is 18.2. The van der Waals surface area contributed by atoms with Gasteiger partial charge in [-0.1, -0.05) is 24.3 Å². The molecule has 4 aromatic rings. The molecule has 260 valence electrons. The van der Waals surface area contributed by atoms with Gasteiger partial charge in [0.15, 0.2) is 23.0 Å². The van der Waals surface area contributed by atoms with Crippen LogP contribution in [-0.2, 0) is 0 Å². The summed E-state index contributed by atoms with van der Waals surface area (Å²) < 4.78 is 15.9. The van der Waals surface area contributed by atoms with Crippen molar-refractivity contribution in [2.24, 2.45) is 0 Å². The van der Waals surface area contributed by atoms with E-state index in [1.165, 1.54) is 36.4 Å². The summed E-state index contributed by atoms with van der Waals surface area (Å²) in [5, 5.41) is 51.8. The molecule has 0 saturated heterocycles. The van der Waals surface area contributed by atoms with E-state index < -0.39 is 19.7 Å². The fourth-order valence-electron chi connectivity index (χ4n) is 3.91. The molecule has 17 heteroatoms. The molecule has 0 atom stereocenters. The highest BCUT2D eigenvalue weighted by Gasteiger charge is 2.18. The summed E-state index contributed by atoms with van der Waals surface area (Å²) in [6.07, 6.45) is 0. The largest absolute Gasteiger partial charge is 0.502 e. The van der Waals surface area contributed by atoms with Gasteiger partial charge in [-0.15, -0.1) is 11.6 Å². The van der Waals surface area contributed by atoms with Crippen molar-refractivity contribution in [2.75, 3.05) is 25.7 Å². The summed E-state index contributed by atoms with van der Waals surface area (Å²) in [5.41, 5.74) is 2.67. The van der Waals surface area contributed by atoms with Gasteiger partial charge in [-0.05, 0) is 74.2 Å². The van der Waals surface area contributed by atoms with Gasteiger partial charge in [-0.3, -0.25) is 40.5 Å². The number of benzene rings is 4. The minimum Gasteiger partial charge on any atom is -0.502 e. The first-order valence-electron chi connectivity index (χ1n) is 14.3. The zero-order chi connectivity index (χ0) is 36.7. The minimum atomic E-state index is -0.616. The predicted molar refractivity (Wildman–Crippen MR) is 180 cm³/mol. The smallest absolute Gasteiger partial charge is 0.311 e. The number of phenolic OH excluding ortho intramolecular Hbond substituents is 1. The molecule has 0 amide bonds. The van der Waals surface area contributed by atoms with E-state index in [-0.39, 0.29) is 65.6 Å². The number of rotatable bonds is 12. The van der Waals surface area contributed by atoms with Gasteiger partial charge >= 0.3 is 22.7 Å². The van der Waals surface area contributed by atoms with E-state index in [4.69, 9.17) is 30.9 Å². The van der Waals surface area contributed by atoms with Crippen LogP contribution in [0.4, 0.5) is 22.7 Å². The van der Waals surface area contributed by atoms with Crippen LogP contribution in [0.15, 0.2) is 72.8 Å². The first kappa shape index (κ1) is 39.1. The molecule has 0 fully saturated rings. The second-order valence-corrected chi connectivity index (χ2v) is 10.5. The molecule has 0 aliphatic heterocycles. The maximum Gasteiger partial charge on any atom is 0.311 e. The maximum absolute atomic E-state index is 11.0. The summed E-state index contributed by atoms with van der Waals surface area (Å²) in [5.74, 6) is 0.566. The monoisotopic (exact) mass is 700 g/mol. The van der Waals surface area contributed by atoms with Gasteiger partial charge < -0.3 is 19.3 Å². The second-order valence-electron chi connectivity index (χ2n) is 10.2. The Morgan fingerprint density at radius 1 is 0.510 bits per heavy atom. The first-order valence-corrected chi connectivity index (χ1v) is 14.8. The number of hydrogen-bond acceptors (Lipinski definition) is 12. The van der Waals surface area contributed by atoms with Crippen LogP contribution in [0.2, 0.25) is 0 Å². The third kappa shape index (κ3) is 12.6. The fourth-order valence-corrected chi connectivity index (χ4v) is 3.99. The number of aromatic hydroxyl groups is 1. The summed E-state index contributed by atoms with van der Waals surface area (Å²) in [4.78, 5) is 40.6. The van der Waals surface area contributed by atoms with Crippen LogP contribution in [0.3, 0.4) is 0 Å². The fraction of sp³-hybridized carbons (Fsp3) is 0.250. The van der Waals surface area contributed by atoms with Gasteiger partial charge in [-0.2, -0.15) is 0 Å². The molecule has 0 aliphatic carbocycles. The molecule has 0 spiro atoms. The van der Waals surface area contributed by atoms with E-state index in [0.717, 1.165) is 22.3 Å². The molecule has 0 bridgehead atoms. The average molecular weight is 701 g/mol. The van der Waals surface area contributed by atoms with Gasteiger partial charge in [0.2, 0.25) is 0 Å². The Morgan fingerprint density at radius 2 is 0.878 bits per heavy atom. The Morgan fingerprint density at radius 3 is 1.31 bits per heavy atom. The zero-order valence-corrected chi connectivity index (χ0v) is 27.6. The van der Waals surface area contributed by atoms with Crippen molar-refractivity contribution < 1.29 is 39.0 Å². The van der Waals surface area contributed by atoms with Crippen molar-refractivity contribution in [3.63, 3.8) is 0 Å². The predicted octanol–water partition coefficient (Wildman–Crippen LogP) is 7.71. The molecule has 4 rings (SSSR count). The Kier molecular flexibility index (Phi) is 15.1. The average Bonchev–Trinajstić information content (AvgIpc) is 3.03. The first-order chi connectivity index (χ1) is 23.1. The van der Waals surface area contributed by atoms with Crippen molar-refractivity contribution in [3.05, 3.63) is 136 Å². The molecular formula is C32H33ClN4O12. The molecule has 0 heterocycles. The van der Waals surface area contributed by atoms with Crippen molar-refractivity contribution in [1.82, 2.24) is 0 Å². The summed E-state index contributed by atoms with van der Waals surface area (Å²) >= 11 is 5.42. The number of ether oxygens (including phenoxy) is 3. The van der Waals surface area contributed by atoms with Gasteiger partial charge in [0.25, 0.3) is 0 Å². The molecule has 1 N–H and O–H groups in total. The van der Waals surface area contributed by atoms with Crippen molar-refractivity contribution in [1.29, 1.82) is 0 Å². The molecule has 0 saturated carbocycles. The van der Waals surface area contributed by atoms with E-state index in [9.17, 15) is 40.5 Å². The molecule has 4 aromatic carbocycles. The topological polar surface area (TPSA) is 220 Å². The number of hydrogen-bond donors (Lipinski definition) is 1. The lowest BCUT2D eigenvalue weighted by Crippen LogP contribution is -2.11. The molecule has 49 heavy (non-hydrogen) atoms. The molecule has 0 unspecified atom stereocenters. The second kappa shape index (κ2) is 19.0. The van der Waals surface area contributed by atoms with Crippen LogP contribution in [-0.4, -0.2) is 50.5 Å². The van der Waals surface area contributed by atoms with Crippen LogP contribution in [0.1, 0.15) is 22.3 Å². The highest BCUT2D eigenvalue weighted by atomic mass is 35.5. The molecule has 0 aromatic heterocycles. The SMILES string of the molecule is Cc1ccc(OCCCl)c([N+](=O)[O-])c1.Cc1ccc([N+](=O)[O-])c(O)c1.Cc1ccc([N+](=O)[O-])c(OCCOc2ccc(C)cc2[N+](=O)[O-])c1. The zero-order valence-electron chi connectivity index (χ0n) is 26.9. The molecule has 0 aliphatic rings. The quantitative estimate of drug-likeness (QED) is 0.0649.